The second-order valence-corrected chi connectivity index (χ2v) is 8.85. The number of rotatable bonds is 7. The van der Waals surface area contributed by atoms with E-state index in [0.717, 1.165) is 11.3 Å². The van der Waals surface area contributed by atoms with Crippen molar-refractivity contribution in [1.29, 1.82) is 0 Å². The van der Waals surface area contributed by atoms with Crippen molar-refractivity contribution < 1.29 is 13.2 Å². The predicted molar refractivity (Wildman–Crippen MR) is 123 cm³/mol. The number of benzene rings is 3. The number of carbonyl (C=O) groups excluding carboxylic acids is 1. The number of sulfonamides is 1. The van der Waals surface area contributed by atoms with E-state index in [4.69, 9.17) is 5.14 Å². The number of urea groups is 1. The van der Waals surface area contributed by atoms with Crippen molar-refractivity contribution in [3.05, 3.63) is 90.0 Å². The lowest BCUT2D eigenvalue weighted by Crippen LogP contribution is -2.32. The number of anilines is 2. The molecule has 8 heteroatoms. The third-order valence-electron chi connectivity index (χ3n) is 4.88. The number of para-hydroxylation sites is 2. The molecule has 0 aliphatic heterocycles. The van der Waals surface area contributed by atoms with Crippen LogP contribution in [0.5, 0.6) is 0 Å². The quantitative estimate of drug-likeness (QED) is 0.521. The molecule has 162 valence electrons. The SMILES string of the molecule is CC(NC(=O)Nc1ccccc1N(C)Cc1ccccc1)c1ccc(S(N)(=O)=O)cc1. The van der Waals surface area contributed by atoms with Gasteiger partial charge in [-0.3, -0.25) is 0 Å². The Balaban J connectivity index is 1.66. The molecule has 0 spiro atoms. The highest BCUT2D eigenvalue weighted by atomic mass is 32.2. The minimum atomic E-state index is -3.75. The summed E-state index contributed by atoms with van der Waals surface area (Å²) in [6, 6.07) is 23.1. The first-order valence-electron chi connectivity index (χ1n) is 9.78. The highest BCUT2D eigenvalue weighted by Gasteiger charge is 2.14. The molecule has 1 unspecified atom stereocenters. The summed E-state index contributed by atoms with van der Waals surface area (Å²) in [5.41, 5.74) is 3.51. The first kappa shape index (κ1) is 22.3. The predicted octanol–water partition coefficient (Wildman–Crippen LogP) is 3.85. The Morgan fingerprint density at radius 2 is 1.58 bits per heavy atom. The zero-order chi connectivity index (χ0) is 22.4. The zero-order valence-corrected chi connectivity index (χ0v) is 18.3. The van der Waals surface area contributed by atoms with Gasteiger partial charge in [0.05, 0.1) is 22.3 Å². The lowest BCUT2D eigenvalue weighted by Gasteiger charge is -2.23. The maximum Gasteiger partial charge on any atom is 0.319 e. The number of hydrogen-bond donors (Lipinski definition) is 3. The molecule has 3 aromatic rings. The Hall–Kier alpha value is -3.36. The molecule has 0 aliphatic carbocycles. The number of primary sulfonamides is 1. The Labute approximate surface area is 182 Å². The minimum Gasteiger partial charge on any atom is -0.369 e. The van der Waals surface area contributed by atoms with Crippen LogP contribution in [0, 0.1) is 0 Å². The van der Waals surface area contributed by atoms with Gasteiger partial charge in [0.25, 0.3) is 0 Å². The smallest absolute Gasteiger partial charge is 0.319 e. The van der Waals surface area contributed by atoms with Gasteiger partial charge in [-0.1, -0.05) is 54.6 Å². The largest absolute Gasteiger partial charge is 0.369 e. The highest BCUT2D eigenvalue weighted by molar-refractivity contribution is 7.89. The molecule has 4 N–H and O–H groups in total. The molecule has 31 heavy (non-hydrogen) atoms. The maximum atomic E-state index is 12.6. The molecule has 3 aromatic carbocycles. The molecule has 1 atom stereocenters. The van der Waals surface area contributed by atoms with Gasteiger partial charge in [0.2, 0.25) is 10.0 Å². The molecule has 0 aromatic heterocycles. The number of amides is 2. The molecule has 0 saturated carbocycles. The van der Waals surface area contributed by atoms with Gasteiger partial charge in [-0.2, -0.15) is 0 Å². The van der Waals surface area contributed by atoms with Gasteiger partial charge in [0.15, 0.2) is 0 Å². The Morgan fingerprint density at radius 3 is 2.23 bits per heavy atom. The summed E-state index contributed by atoms with van der Waals surface area (Å²) in [7, 11) is -1.78. The lowest BCUT2D eigenvalue weighted by atomic mass is 10.1. The van der Waals surface area contributed by atoms with Crippen LogP contribution in [-0.2, 0) is 16.6 Å². The van der Waals surface area contributed by atoms with Crippen LogP contribution < -0.4 is 20.7 Å². The fourth-order valence-electron chi connectivity index (χ4n) is 3.24. The van der Waals surface area contributed by atoms with Gasteiger partial charge in [-0.15, -0.1) is 0 Å². The monoisotopic (exact) mass is 438 g/mol. The summed E-state index contributed by atoms with van der Waals surface area (Å²) in [6.07, 6.45) is 0. The van der Waals surface area contributed by atoms with E-state index in [1.807, 2.05) is 56.4 Å². The molecular weight excluding hydrogens is 412 g/mol. The molecular formula is C23H26N4O3S. The summed E-state index contributed by atoms with van der Waals surface area (Å²) < 4.78 is 22.8. The van der Waals surface area contributed by atoms with E-state index >= 15 is 0 Å². The van der Waals surface area contributed by atoms with E-state index in [9.17, 15) is 13.2 Å². The van der Waals surface area contributed by atoms with E-state index in [2.05, 4.69) is 27.7 Å². The van der Waals surface area contributed by atoms with Crippen molar-refractivity contribution in [2.45, 2.75) is 24.4 Å². The van der Waals surface area contributed by atoms with Crippen LogP contribution in [0.15, 0.2) is 83.8 Å². The summed E-state index contributed by atoms with van der Waals surface area (Å²) in [5.74, 6) is 0. The van der Waals surface area contributed by atoms with Gasteiger partial charge >= 0.3 is 6.03 Å². The summed E-state index contributed by atoms with van der Waals surface area (Å²) in [5, 5.41) is 10.9. The first-order chi connectivity index (χ1) is 14.7. The molecule has 0 aliphatic rings. The summed E-state index contributed by atoms with van der Waals surface area (Å²) in [4.78, 5) is 14.7. The van der Waals surface area contributed by atoms with Gasteiger partial charge in [-0.05, 0) is 42.3 Å². The molecule has 7 nitrogen and oxygen atoms in total. The number of carbonyl (C=O) groups is 1. The van der Waals surface area contributed by atoms with Crippen LogP contribution >= 0.6 is 0 Å². The average molecular weight is 439 g/mol. The topological polar surface area (TPSA) is 105 Å². The molecule has 3 rings (SSSR count). The summed E-state index contributed by atoms with van der Waals surface area (Å²) in [6.45, 7) is 2.52. The van der Waals surface area contributed by atoms with Crippen LogP contribution in [-0.4, -0.2) is 21.5 Å². The Bertz CT molecular complexity index is 1130. The fraction of sp³-hybridized carbons (Fsp3) is 0.174. The van der Waals surface area contributed by atoms with E-state index in [1.54, 1.807) is 12.1 Å². The van der Waals surface area contributed by atoms with Crippen molar-refractivity contribution in [2.24, 2.45) is 5.14 Å². The average Bonchev–Trinajstić information content (AvgIpc) is 2.74. The van der Waals surface area contributed by atoms with Crippen molar-refractivity contribution in [3.8, 4) is 0 Å². The van der Waals surface area contributed by atoms with Crippen molar-refractivity contribution in [1.82, 2.24) is 5.32 Å². The number of hydrogen-bond acceptors (Lipinski definition) is 4. The first-order valence-corrected chi connectivity index (χ1v) is 11.3. The standard InChI is InChI=1S/C23H26N4O3S/c1-17(19-12-14-20(15-13-19)31(24,29)30)25-23(28)26-21-10-6-7-11-22(21)27(2)16-18-8-4-3-5-9-18/h3-15,17H,16H2,1-2H3,(H2,24,29,30)(H2,25,26,28). The number of nitrogens with zero attached hydrogens (tertiary/aromatic N) is 1. The molecule has 0 fully saturated rings. The molecule has 2 amide bonds. The van der Waals surface area contributed by atoms with Gasteiger partial charge in [-0.25, -0.2) is 18.4 Å². The van der Waals surface area contributed by atoms with Crippen molar-refractivity contribution in [2.75, 3.05) is 17.3 Å². The summed E-state index contributed by atoms with van der Waals surface area (Å²) >= 11 is 0. The fourth-order valence-corrected chi connectivity index (χ4v) is 3.75. The molecule has 0 saturated heterocycles. The zero-order valence-electron chi connectivity index (χ0n) is 17.4. The van der Waals surface area contributed by atoms with Crippen LogP contribution in [0.1, 0.15) is 24.1 Å². The Morgan fingerprint density at radius 1 is 0.968 bits per heavy atom. The third kappa shape index (κ3) is 6.07. The second-order valence-electron chi connectivity index (χ2n) is 7.29. The molecule has 0 bridgehead atoms. The highest BCUT2D eigenvalue weighted by Crippen LogP contribution is 2.26. The molecule has 0 radical (unpaired) electrons. The normalized spacial score (nSPS) is 12.1. The van der Waals surface area contributed by atoms with E-state index in [-0.39, 0.29) is 17.0 Å². The van der Waals surface area contributed by atoms with E-state index in [0.29, 0.717) is 12.2 Å². The number of nitrogens with two attached hydrogens (primary N) is 1. The van der Waals surface area contributed by atoms with Gasteiger partial charge in [0, 0.05) is 13.6 Å². The number of nitrogens with one attached hydrogen (secondary N) is 2. The van der Waals surface area contributed by atoms with Gasteiger partial charge < -0.3 is 15.5 Å². The van der Waals surface area contributed by atoms with Crippen LogP contribution in [0.3, 0.4) is 0 Å². The maximum absolute atomic E-state index is 12.6. The second kappa shape index (κ2) is 9.63. The van der Waals surface area contributed by atoms with Crippen molar-refractivity contribution in [3.63, 3.8) is 0 Å². The Kier molecular flexibility index (Phi) is 6.94. The van der Waals surface area contributed by atoms with Crippen LogP contribution in [0.4, 0.5) is 16.2 Å². The van der Waals surface area contributed by atoms with E-state index < -0.39 is 10.0 Å². The van der Waals surface area contributed by atoms with Crippen molar-refractivity contribution >= 4 is 27.4 Å². The van der Waals surface area contributed by atoms with Gasteiger partial charge in [0.1, 0.15) is 0 Å². The minimum absolute atomic E-state index is 0.0308. The van der Waals surface area contributed by atoms with Crippen LogP contribution in [0.25, 0.3) is 0 Å². The lowest BCUT2D eigenvalue weighted by molar-refractivity contribution is 0.249. The third-order valence-corrected chi connectivity index (χ3v) is 5.81. The molecule has 0 heterocycles. The van der Waals surface area contributed by atoms with E-state index in [1.165, 1.54) is 17.7 Å². The van der Waals surface area contributed by atoms with Crippen LogP contribution in [0.2, 0.25) is 0 Å².